The quantitative estimate of drug-likeness (QED) is 0.817. The van der Waals surface area contributed by atoms with Crippen LogP contribution < -0.4 is 10.6 Å². The summed E-state index contributed by atoms with van der Waals surface area (Å²) in [5.74, 6) is -1.90. The van der Waals surface area contributed by atoms with Crippen molar-refractivity contribution in [2.75, 3.05) is 6.54 Å². The monoisotopic (exact) mass is 256 g/mol. The number of benzene rings is 1. The van der Waals surface area contributed by atoms with Crippen molar-refractivity contribution in [1.29, 1.82) is 0 Å². The minimum absolute atomic E-state index is 0.118. The average Bonchev–Trinajstić information content (AvgIpc) is 2.30. The minimum atomic E-state index is -0.900. The van der Waals surface area contributed by atoms with E-state index in [4.69, 9.17) is 0 Å². The molecule has 0 aliphatic rings. The van der Waals surface area contributed by atoms with Crippen LogP contribution in [0.15, 0.2) is 18.2 Å². The largest absolute Gasteiger partial charge is 0.352 e. The zero-order valence-corrected chi connectivity index (χ0v) is 10.6. The molecule has 1 rings (SSSR count). The lowest BCUT2D eigenvalue weighted by molar-refractivity contribution is -0.121. The van der Waals surface area contributed by atoms with Gasteiger partial charge in [-0.25, -0.2) is 8.78 Å². The third-order valence-electron chi connectivity index (χ3n) is 2.38. The van der Waals surface area contributed by atoms with Crippen molar-refractivity contribution in [3.05, 3.63) is 35.4 Å². The van der Waals surface area contributed by atoms with Gasteiger partial charge in [-0.1, -0.05) is 19.9 Å². The third kappa shape index (κ3) is 5.23. The van der Waals surface area contributed by atoms with Crippen molar-refractivity contribution in [1.82, 2.24) is 10.6 Å². The van der Waals surface area contributed by atoms with Gasteiger partial charge in [0.25, 0.3) is 0 Å². The van der Waals surface area contributed by atoms with Gasteiger partial charge in [-0.3, -0.25) is 4.79 Å². The maximum atomic E-state index is 12.9. The molecule has 0 atom stereocenters. The fourth-order valence-electron chi connectivity index (χ4n) is 1.41. The molecular formula is C13H18F2N2O. The summed E-state index contributed by atoms with van der Waals surface area (Å²) >= 11 is 0. The SMILES string of the molecule is CC(C)NCCC(=O)NCc1ccc(F)c(F)c1. The van der Waals surface area contributed by atoms with Crippen LogP contribution in [0.5, 0.6) is 0 Å². The number of rotatable bonds is 6. The zero-order valence-electron chi connectivity index (χ0n) is 10.6. The molecule has 0 aliphatic heterocycles. The summed E-state index contributed by atoms with van der Waals surface area (Å²) in [7, 11) is 0. The predicted octanol–water partition coefficient (Wildman–Crippen LogP) is 1.97. The smallest absolute Gasteiger partial charge is 0.221 e. The maximum Gasteiger partial charge on any atom is 0.221 e. The Balaban J connectivity index is 2.31. The Bertz CT molecular complexity index is 408. The second-order valence-electron chi connectivity index (χ2n) is 4.38. The molecule has 0 unspecified atom stereocenters. The van der Waals surface area contributed by atoms with Gasteiger partial charge < -0.3 is 10.6 Å². The van der Waals surface area contributed by atoms with E-state index in [9.17, 15) is 13.6 Å². The molecule has 18 heavy (non-hydrogen) atoms. The maximum absolute atomic E-state index is 12.9. The van der Waals surface area contributed by atoms with Gasteiger partial charge in [0.2, 0.25) is 5.91 Å². The van der Waals surface area contributed by atoms with E-state index in [0.717, 1.165) is 12.1 Å². The third-order valence-corrected chi connectivity index (χ3v) is 2.38. The molecule has 100 valence electrons. The molecule has 1 aromatic carbocycles. The second-order valence-corrected chi connectivity index (χ2v) is 4.38. The molecule has 0 saturated heterocycles. The van der Waals surface area contributed by atoms with Gasteiger partial charge >= 0.3 is 0 Å². The predicted molar refractivity (Wildman–Crippen MR) is 66.0 cm³/mol. The van der Waals surface area contributed by atoms with Crippen molar-refractivity contribution in [3.8, 4) is 0 Å². The standard InChI is InChI=1S/C13H18F2N2O/c1-9(2)16-6-5-13(18)17-8-10-3-4-11(14)12(15)7-10/h3-4,7,9,16H,5-6,8H2,1-2H3,(H,17,18). The Morgan fingerprint density at radius 3 is 2.61 bits per heavy atom. The summed E-state index contributed by atoms with van der Waals surface area (Å²) in [5, 5.41) is 5.77. The van der Waals surface area contributed by atoms with Gasteiger partial charge in [0.1, 0.15) is 0 Å². The van der Waals surface area contributed by atoms with Crippen molar-refractivity contribution in [2.24, 2.45) is 0 Å². The van der Waals surface area contributed by atoms with Crippen LogP contribution in [0.4, 0.5) is 8.78 Å². The van der Waals surface area contributed by atoms with E-state index in [-0.39, 0.29) is 12.5 Å². The molecule has 0 heterocycles. The summed E-state index contributed by atoms with van der Waals surface area (Å²) in [6.45, 7) is 4.80. The summed E-state index contributed by atoms with van der Waals surface area (Å²) in [6.07, 6.45) is 0.363. The highest BCUT2D eigenvalue weighted by atomic mass is 19.2. The highest BCUT2D eigenvalue weighted by Gasteiger charge is 2.05. The molecule has 1 aromatic rings. The number of nitrogens with one attached hydrogen (secondary N) is 2. The first-order valence-electron chi connectivity index (χ1n) is 5.93. The number of carbonyl (C=O) groups is 1. The van der Waals surface area contributed by atoms with E-state index in [1.165, 1.54) is 6.07 Å². The minimum Gasteiger partial charge on any atom is -0.352 e. The topological polar surface area (TPSA) is 41.1 Å². The van der Waals surface area contributed by atoms with Gasteiger partial charge in [-0.2, -0.15) is 0 Å². The Labute approximate surface area is 106 Å². The molecule has 0 fully saturated rings. The van der Waals surface area contributed by atoms with Crippen LogP contribution >= 0.6 is 0 Å². The molecule has 0 spiro atoms. The highest BCUT2D eigenvalue weighted by Crippen LogP contribution is 2.08. The zero-order chi connectivity index (χ0) is 13.5. The molecule has 0 radical (unpaired) electrons. The van der Waals surface area contributed by atoms with Gasteiger partial charge in [-0.05, 0) is 17.7 Å². The molecule has 0 saturated carbocycles. The van der Waals surface area contributed by atoms with Crippen LogP contribution in [0, 0.1) is 11.6 Å². The normalized spacial score (nSPS) is 10.7. The van der Waals surface area contributed by atoms with Gasteiger partial charge in [-0.15, -0.1) is 0 Å². The second kappa shape index (κ2) is 7.06. The molecule has 0 aliphatic carbocycles. The van der Waals surface area contributed by atoms with Crippen LogP contribution in [0.3, 0.4) is 0 Å². The van der Waals surface area contributed by atoms with Crippen molar-refractivity contribution >= 4 is 5.91 Å². The number of amides is 1. The molecule has 2 N–H and O–H groups in total. The molecule has 0 bridgehead atoms. The first-order chi connectivity index (χ1) is 8.49. The van der Waals surface area contributed by atoms with Gasteiger partial charge in [0.05, 0.1) is 0 Å². The van der Waals surface area contributed by atoms with E-state index >= 15 is 0 Å². The van der Waals surface area contributed by atoms with E-state index in [1.54, 1.807) is 0 Å². The summed E-state index contributed by atoms with van der Waals surface area (Å²) in [5.41, 5.74) is 0.541. The number of carbonyl (C=O) groups excluding carboxylic acids is 1. The van der Waals surface area contributed by atoms with Crippen molar-refractivity contribution < 1.29 is 13.6 Å². The van der Waals surface area contributed by atoms with E-state index < -0.39 is 11.6 Å². The van der Waals surface area contributed by atoms with E-state index in [2.05, 4.69) is 10.6 Å². The number of halogens is 2. The van der Waals surface area contributed by atoms with Crippen LogP contribution in [-0.2, 0) is 11.3 Å². The lowest BCUT2D eigenvalue weighted by Crippen LogP contribution is -2.30. The van der Waals surface area contributed by atoms with Crippen LogP contribution in [0.2, 0.25) is 0 Å². The number of hydrogen-bond acceptors (Lipinski definition) is 2. The first-order valence-corrected chi connectivity index (χ1v) is 5.93. The molecular weight excluding hydrogens is 238 g/mol. The van der Waals surface area contributed by atoms with Crippen molar-refractivity contribution in [2.45, 2.75) is 32.9 Å². The fraction of sp³-hybridized carbons (Fsp3) is 0.462. The lowest BCUT2D eigenvalue weighted by atomic mass is 10.2. The Morgan fingerprint density at radius 1 is 1.28 bits per heavy atom. The highest BCUT2D eigenvalue weighted by molar-refractivity contribution is 5.76. The van der Waals surface area contributed by atoms with Crippen LogP contribution in [-0.4, -0.2) is 18.5 Å². The summed E-state index contributed by atoms with van der Waals surface area (Å²) < 4.78 is 25.6. The Hall–Kier alpha value is -1.49. The molecule has 0 aromatic heterocycles. The average molecular weight is 256 g/mol. The molecule has 5 heteroatoms. The van der Waals surface area contributed by atoms with Gasteiger partial charge in [0, 0.05) is 25.6 Å². The Morgan fingerprint density at radius 2 is 2.00 bits per heavy atom. The van der Waals surface area contributed by atoms with Crippen LogP contribution in [0.25, 0.3) is 0 Å². The summed E-state index contributed by atoms with van der Waals surface area (Å²) in [4.78, 5) is 11.4. The summed E-state index contributed by atoms with van der Waals surface area (Å²) in [6, 6.07) is 3.92. The molecule has 1 amide bonds. The fourth-order valence-corrected chi connectivity index (χ4v) is 1.41. The lowest BCUT2D eigenvalue weighted by Gasteiger charge is -2.08. The van der Waals surface area contributed by atoms with Crippen LogP contribution in [0.1, 0.15) is 25.8 Å². The molecule has 3 nitrogen and oxygen atoms in total. The number of hydrogen-bond donors (Lipinski definition) is 2. The van der Waals surface area contributed by atoms with E-state index in [0.29, 0.717) is 24.6 Å². The van der Waals surface area contributed by atoms with Crippen molar-refractivity contribution in [3.63, 3.8) is 0 Å². The Kier molecular flexibility index (Phi) is 5.71. The van der Waals surface area contributed by atoms with Gasteiger partial charge in [0.15, 0.2) is 11.6 Å². The first kappa shape index (κ1) is 14.6. The van der Waals surface area contributed by atoms with E-state index in [1.807, 2.05) is 13.8 Å².